The first-order valence-electron chi connectivity index (χ1n) is 10.7. The summed E-state index contributed by atoms with van der Waals surface area (Å²) >= 11 is 0. The fourth-order valence-corrected chi connectivity index (χ4v) is 3.94. The second kappa shape index (κ2) is 10.3. The van der Waals surface area contributed by atoms with Crippen LogP contribution >= 0.6 is 0 Å². The molecule has 1 fully saturated rings. The van der Waals surface area contributed by atoms with Crippen LogP contribution in [0.2, 0.25) is 0 Å². The highest BCUT2D eigenvalue weighted by Crippen LogP contribution is 2.39. The average molecular weight is 439 g/mol. The molecule has 0 radical (unpaired) electrons. The minimum absolute atomic E-state index is 0.0879. The maximum atomic E-state index is 13.1. The van der Waals surface area contributed by atoms with Gasteiger partial charge in [-0.15, -0.1) is 0 Å². The van der Waals surface area contributed by atoms with Gasteiger partial charge in [0, 0.05) is 18.7 Å². The van der Waals surface area contributed by atoms with Crippen molar-refractivity contribution in [2.45, 2.75) is 19.9 Å². The van der Waals surface area contributed by atoms with Gasteiger partial charge in [0.25, 0.3) is 11.7 Å². The van der Waals surface area contributed by atoms with Gasteiger partial charge in [-0.2, -0.15) is 0 Å². The molecule has 0 saturated carbocycles. The van der Waals surface area contributed by atoms with Gasteiger partial charge < -0.3 is 24.4 Å². The van der Waals surface area contributed by atoms with E-state index in [9.17, 15) is 14.7 Å². The lowest BCUT2D eigenvalue weighted by Gasteiger charge is -2.28. The number of Topliss-reactive ketones (excluding diaryl/α,β-unsaturated/α-hetero) is 1. The number of ketones is 1. The second-order valence-electron chi connectivity index (χ2n) is 7.52. The molecule has 1 N–H and O–H groups in total. The molecule has 2 aromatic rings. The molecule has 0 aliphatic carbocycles. The first-order chi connectivity index (χ1) is 15.4. The zero-order valence-electron chi connectivity index (χ0n) is 19.0. The zero-order valence-corrected chi connectivity index (χ0v) is 19.0. The lowest BCUT2D eigenvalue weighted by atomic mass is 9.95. The molecule has 32 heavy (non-hydrogen) atoms. The quantitative estimate of drug-likeness (QED) is 0.367. The minimum Gasteiger partial charge on any atom is -0.507 e. The van der Waals surface area contributed by atoms with Crippen molar-refractivity contribution >= 4 is 17.4 Å². The summed E-state index contributed by atoms with van der Waals surface area (Å²) in [6, 6.07) is 13.3. The number of hydrogen-bond donors (Lipinski definition) is 1. The first-order valence-corrected chi connectivity index (χ1v) is 10.7. The Morgan fingerprint density at radius 3 is 1.97 bits per heavy atom. The molecule has 1 aliphatic rings. The Labute approximate surface area is 188 Å². The maximum Gasteiger partial charge on any atom is 0.295 e. The van der Waals surface area contributed by atoms with Gasteiger partial charge in [-0.05, 0) is 55.1 Å². The van der Waals surface area contributed by atoms with Gasteiger partial charge >= 0.3 is 0 Å². The van der Waals surface area contributed by atoms with Crippen LogP contribution in [-0.4, -0.2) is 67.0 Å². The number of amides is 1. The molecule has 1 heterocycles. The third kappa shape index (κ3) is 4.62. The van der Waals surface area contributed by atoms with E-state index >= 15 is 0 Å². The van der Waals surface area contributed by atoms with Crippen molar-refractivity contribution in [2.75, 3.05) is 40.4 Å². The smallest absolute Gasteiger partial charge is 0.295 e. The number of nitrogens with zero attached hydrogens (tertiary/aromatic N) is 2. The van der Waals surface area contributed by atoms with Crippen LogP contribution in [0.5, 0.6) is 11.5 Å². The van der Waals surface area contributed by atoms with Crippen molar-refractivity contribution in [2.24, 2.45) is 0 Å². The SMILES string of the molecule is CCN(CC)CCN1C(=O)C(=O)/C(=C(\O)c2ccc(OC)cc2)C1c1ccc(OC)cc1. The highest BCUT2D eigenvalue weighted by Gasteiger charge is 2.45. The molecular formula is C25H30N2O5. The molecule has 0 bridgehead atoms. The van der Waals surface area contributed by atoms with E-state index in [1.54, 1.807) is 55.5 Å². The van der Waals surface area contributed by atoms with Gasteiger partial charge in [-0.1, -0.05) is 26.0 Å². The number of benzene rings is 2. The van der Waals surface area contributed by atoms with Crippen molar-refractivity contribution in [1.29, 1.82) is 0 Å². The predicted octanol–water partition coefficient (Wildman–Crippen LogP) is 3.47. The number of carbonyl (C=O) groups is 2. The first kappa shape index (κ1) is 23.3. The lowest BCUT2D eigenvalue weighted by molar-refractivity contribution is -0.140. The van der Waals surface area contributed by atoms with E-state index in [1.165, 1.54) is 0 Å². The normalized spacial score (nSPS) is 17.8. The van der Waals surface area contributed by atoms with E-state index in [0.29, 0.717) is 30.2 Å². The number of ether oxygens (including phenoxy) is 2. The average Bonchev–Trinajstić information content (AvgIpc) is 3.09. The number of methoxy groups -OCH3 is 2. The van der Waals surface area contributed by atoms with E-state index in [4.69, 9.17) is 9.47 Å². The summed E-state index contributed by atoms with van der Waals surface area (Å²) in [6.07, 6.45) is 0. The monoisotopic (exact) mass is 438 g/mol. The topological polar surface area (TPSA) is 79.3 Å². The van der Waals surface area contributed by atoms with Crippen LogP contribution in [0.1, 0.15) is 31.0 Å². The Balaban J connectivity index is 2.07. The van der Waals surface area contributed by atoms with Gasteiger partial charge in [0.1, 0.15) is 17.3 Å². The van der Waals surface area contributed by atoms with Crippen molar-refractivity contribution in [3.05, 3.63) is 65.2 Å². The summed E-state index contributed by atoms with van der Waals surface area (Å²) in [4.78, 5) is 29.8. The summed E-state index contributed by atoms with van der Waals surface area (Å²) in [7, 11) is 3.13. The molecule has 1 aliphatic heterocycles. The zero-order chi connectivity index (χ0) is 23.3. The van der Waals surface area contributed by atoms with Gasteiger partial charge in [-0.3, -0.25) is 9.59 Å². The minimum atomic E-state index is -0.682. The fraction of sp³-hybridized carbons (Fsp3) is 0.360. The van der Waals surface area contributed by atoms with Crippen molar-refractivity contribution in [3.63, 3.8) is 0 Å². The van der Waals surface area contributed by atoms with E-state index in [1.807, 2.05) is 12.1 Å². The molecule has 1 atom stereocenters. The Bertz CT molecular complexity index is 978. The summed E-state index contributed by atoms with van der Waals surface area (Å²) in [6.45, 7) is 6.82. The lowest BCUT2D eigenvalue weighted by Crippen LogP contribution is -2.38. The third-order valence-corrected chi connectivity index (χ3v) is 5.89. The predicted molar refractivity (Wildman–Crippen MR) is 123 cm³/mol. The molecule has 7 heteroatoms. The molecule has 2 aromatic carbocycles. The van der Waals surface area contributed by atoms with Crippen LogP contribution in [-0.2, 0) is 9.59 Å². The Hall–Kier alpha value is -3.32. The van der Waals surface area contributed by atoms with Crippen LogP contribution in [0.25, 0.3) is 5.76 Å². The van der Waals surface area contributed by atoms with Gasteiger partial charge in [0.05, 0.1) is 25.8 Å². The standard InChI is InChI=1S/C25H30N2O5/c1-5-26(6-2)15-16-27-22(17-7-11-19(31-3)12-8-17)21(24(29)25(27)30)23(28)18-9-13-20(32-4)14-10-18/h7-14,22,28H,5-6,15-16H2,1-4H3/b23-21-. The Kier molecular flexibility index (Phi) is 7.53. The van der Waals surface area contributed by atoms with E-state index in [0.717, 1.165) is 18.7 Å². The Morgan fingerprint density at radius 1 is 0.938 bits per heavy atom. The van der Waals surface area contributed by atoms with Gasteiger partial charge in [0.2, 0.25) is 0 Å². The fourth-order valence-electron chi connectivity index (χ4n) is 3.94. The summed E-state index contributed by atoms with van der Waals surface area (Å²) in [5.74, 6) is -0.180. The molecule has 170 valence electrons. The largest absolute Gasteiger partial charge is 0.507 e. The molecule has 1 saturated heterocycles. The Morgan fingerprint density at radius 2 is 1.47 bits per heavy atom. The highest BCUT2D eigenvalue weighted by molar-refractivity contribution is 6.46. The number of hydrogen-bond acceptors (Lipinski definition) is 6. The van der Waals surface area contributed by atoms with Crippen LogP contribution in [0.3, 0.4) is 0 Å². The molecular weight excluding hydrogens is 408 g/mol. The molecule has 1 unspecified atom stereocenters. The molecule has 7 nitrogen and oxygen atoms in total. The van der Waals surface area contributed by atoms with Gasteiger partial charge in [0.15, 0.2) is 0 Å². The van der Waals surface area contributed by atoms with E-state index in [-0.39, 0.29) is 11.3 Å². The number of likely N-dealkylation sites (tertiary alicyclic amines) is 1. The van der Waals surface area contributed by atoms with Crippen LogP contribution < -0.4 is 9.47 Å². The molecule has 0 spiro atoms. The van der Waals surface area contributed by atoms with Crippen LogP contribution in [0, 0.1) is 0 Å². The maximum absolute atomic E-state index is 13.1. The number of likely N-dealkylation sites (N-methyl/N-ethyl adjacent to an activating group) is 1. The number of carbonyl (C=O) groups excluding carboxylic acids is 2. The summed E-state index contributed by atoms with van der Waals surface area (Å²) in [5, 5.41) is 11.1. The molecule has 3 rings (SSSR count). The van der Waals surface area contributed by atoms with E-state index < -0.39 is 17.7 Å². The highest BCUT2D eigenvalue weighted by atomic mass is 16.5. The molecule has 1 amide bonds. The van der Waals surface area contributed by atoms with Crippen LogP contribution in [0.4, 0.5) is 0 Å². The van der Waals surface area contributed by atoms with Crippen molar-refractivity contribution in [3.8, 4) is 11.5 Å². The van der Waals surface area contributed by atoms with Crippen LogP contribution in [0.15, 0.2) is 54.1 Å². The second-order valence-corrected chi connectivity index (χ2v) is 7.52. The van der Waals surface area contributed by atoms with E-state index in [2.05, 4.69) is 18.7 Å². The molecule has 0 aromatic heterocycles. The number of aliphatic hydroxyl groups is 1. The number of aliphatic hydroxyl groups excluding tert-OH is 1. The van der Waals surface area contributed by atoms with Crippen molar-refractivity contribution in [1.82, 2.24) is 9.80 Å². The summed E-state index contributed by atoms with van der Waals surface area (Å²) < 4.78 is 10.4. The van der Waals surface area contributed by atoms with Crippen molar-refractivity contribution < 1.29 is 24.2 Å². The van der Waals surface area contributed by atoms with Gasteiger partial charge in [-0.25, -0.2) is 0 Å². The third-order valence-electron chi connectivity index (χ3n) is 5.89. The summed E-state index contributed by atoms with van der Waals surface area (Å²) in [5.41, 5.74) is 1.27. The number of rotatable bonds is 9.